The third-order valence-electron chi connectivity index (χ3n) is 2.97. The molecule has 0 atom stereocenters. The first-order chi connectivity index (χ1) is 9.35. The van der Waals surface area contributed by atoms with Crippen LogP contribution in [0.15, 0.2) is 44.8 Å². The highest BCUT2D eigenvalue weighted by atomic mass is 32.2. The van der Waals surface area contributed by atoms with Crippen molar-refractivity contribution in [2.45, 2.75) is 28.9 Å². The maximum atomic E-state index is 12.7. The fourth-order valence-corrected chi connectivity index (χ4v) is 5.08. The molecule has 4 nitrogen and oxygen atoms in total. The van der Waals surface area contributed by atoms with E-state index in [1.54, 1.807) is 29.6 Å². The van der Waals surface area contributed by atoms with E-state index in [1.807, 2.05) is 13.8 Å². The van der Waals surface area contributed by atoms with Gasteiger partial charge in [-0.3, -0.25) is 4.79 Å². The van der Waals surface area contributed by atoms with E-state index in [2.05, 4.69) is 0 Å². The molecular formula is C14H15NO3S2. The average Bonchev–Trinajstić information content (AvgIpc) is 2.88. The predicted molar refractivity (Wildman–Crippen MR) is 78.8 cm³/mol. The van der Waals surface area contributed by atoms with Crippen LogP contribution in [0.5, 0.6) is 0 Å². The third kappa shape index (κ3) is 2.48. The Kier molecular flexibility index (Phi) is 3.96. The molecule has 106 valence electrons. The number of primary amides is 1. The minimum Gasteiger partial charge on any atom is -0.366 e. The van der Waals surface area contributed by atoms with Gasteiger partial charge in [0.05, 0.1) is 10.5 Å². The second-order valence-corrected chi connectivity index (χ2v) is 7.71. The Morgan fingerprint density at radius 1 is 1.20 bits per heavy atom. The lowest BCUT2D eigenvalue weighted by Crippen LogP contribution is -2.15. The van der Waals surface area contributed by atoms with Crippen molar-refractivity contribution in [1.82, 2.24) is 0 Å². The molecule has 1 aromatic heterocycles. The molecule has 0 saturated heterocycles. The van der Waals surface area contributed by atoms with Crippen molar-refractivity contribution < 1.29 is 13.2 Å². The van der Waals surface area contributed by atoms with Crippen molar-refractivity contribution in [2.24, 2.45) is 5.73 Å². The van der Waals surface area contributed by atoms with E-state index in [-0.39, 0.29) is 20.6 Å². The summed E-state index contributed by atoms with van der Waals surface area (Å²) in [4.78, 5) is 11.6. The molecule has 0 fully saturated rings. The molecule has 0 spiro atoms. The zero-order valence-electron chi connectivity index (χ0n) is 11.2. The largest absolute Gasteiger partial charge is 0.366 e. The Labute approximate surface area is 122 Å². The molecule has 6 heteroatoms. The monoisotopic (exact) mass is 309 g/mol. The van der Waals surface area contributed by atoms with Crippen molar-refractivity contribution >= 4 is 27.1 Å². The van der Waals surface area contributed by atoms with E-state index in [0.29, 0.717) is 0 Å². The number of benzene rings is 1. The SMILES string of the molecule is CC(C)c1ccccc1S(=O)(=O)c1sccc1C(N)=O. The number of sulfone groups is 1. The van der Waals surface area contributed by atoms with Gasteiger partial charge in [-0.1, -0.05) is 32.0 Å². The molecular weight excluding hydrogens is 294 g/mol. The number of amides is 1. The van der Waals surface area contributed by atoms with Gasteiger partial charge in [-0.25, -0.2) is 8.42 Å². The van der Waals surface area contributed by atoms with Gasteiger partial charge in [0.1, 0.15) is 4.21 Å². The van der Waals surface area contributed by atoms with Gasteiger partial charge in [0.15, 0.2) is 0 Å². The second kappa shape index (κ2) is 5.38. The van der Waals surface area contributed by atoms with Crippen molar-refractivity contribution in [3.05, 3.63) is 46.8 Å². The van der Waals surface area contributed by atoms with Crippen LogP contribution in [0.3, 0.4) is 0 Å². The molecule has 0 aliphatic heterocycles. The summed E-state index contributed by atoms with van der Waals surface area (Å²) in [6, 6.07) is 8.27. The number of carbonyl (C=O) groups is 1. The average molecular weight is 309 g/mol. The lowest BCUT2D eigenvalue weighted by molar-refractivity contribution is 0.0998. The Hall–Kier alpha value is -1.66. The van der Waals surface area contributed by atoms with Crippen LogP contribution in [0.2, 0.25) is 0 Å². The number of nitrogens with two attached hydrogens (primary N) is 1. The van der Waals surface area contributed by atoms with E-state index in [1.165, 1.54) is 6.07 Å². The smallest absolute Gasteiger partial charge is 0.250 e. The number of thiophene rings is 1. The van der Waals surface area contributed by atoms with Crippen LogP contribution in [-0.2, 0) is 9.84 Å². The number of hydrogen-bond donors (Lipinski definition) is 1. The van der Waals surface area contributed by atoms with Gasteiger partial charge in [-0.05, 0) is 29.0 Å². The van der Waals surface area contributed by atoms with Crippen LogP contribution >= 0.6 is 11.3 Å². The Balaban J connectivity index is 2.68. The molecule has 1 amide bonds. The molecule has 2 aromatic rings. The van der Waals surface area contributed by atoms with Gasteiger partial charge < -0.3 is 5.73 Å². The topological polar surface area (TPSA) is 77.2 Å². The summed E-state index contributed by atoms with van der Waals surface area (Å²) >= 11 is 1.01. The molecule has 1 heterocycles. The Morgan fingerprint density at radius 2 is 1.85 bits per heavy atom. The van der Waals surface area contributed by atoms with Crippen LogP contribution in [0.1, 0.15) is 35.7 Å². The number of hydrogen-bond acceptors (Lipinski definition) is 4. The lowest BCUT2D eigenvalue weighted by atomic mass is 10.0. The fourth-order valence-electron chi connectivity index (χ4n) is 1.99. The highest BCUT2D eigenvalue weighted by molar-refractivity contribution is 7.93. The first-order valence-corrected chi connectivity index (χ1v) is 8.43. The summed E-state index contributed by atoms with van der Waals surface area (Å²) in [5.41, 5.74) is 6.02. The lowest BCUT2D eigenvalue weighted by Gasteiger charge is -2.12. The van der Waals surface area contributed by atoms with E-state index in [9.17, 15) is 13.2 Å². The molecule has 0 radical (unpaired) electrons. The quantitative estimate of drug-likeness (QED) is 0.943. The molecule has 0 aliphatic rings. The van der Waals surface area contributed by atoms with Gasteiger partial charge in [0.2, 0.25) is 9.84 Å². The second-order valence-electron chi connectivity index (χ2n) is 4.68. The van der Waals surface area contributed by atoms with E-state index < -0.39 is 15.7 Å². The minimum atomic E-state index is -3.73. The molecule has 0 saturated carbocycles. The van der Waals surface area contributed by atoms with Crippen LogP contribution in [0.4, 0.5) is 0 Å². The summed E-state index contributed by atoms with van der Waals surface area (Å²) in [5, 5.41) is 1.56. The minimum absolute atomic E-state index is 0.0121. The molecule has 20 heavy (non-hydrogen) atoms. The third-order valence-corrected chi connectivity index (χ3v) is 6.28. The Bertz CT molecular complexity index is 745. The molecule has 0 unspecified atom stereocenters. The standard InChI is InChI=1S/C14H15NO3S2/c1-9(2)10-5-3-4-6-12(10)20(17,18)14-11(13(15)16)7-8-19-14/h3-9H,1-2H3,(H2,15,16). The first kappa shape index (κ1) is 14.7. The predicted octanol–water partition coefficient (Wildman–Crippen LogP) is 2.80. The van der Waals surface area contributed by atoms with Crippen molar-refractivity contribution in [3.63, 3.8) is 0 Å². The summed E-state index contributed by atoms with van der Waals surface area (Å²) in [7, 11) is -3.73. The van der Waals surface area contributed by atoms with Crippen LogP contribution < -0.4 is 5.73 Å². The summed E-state index contributed by atoms with van der Waals surface area (Å²) < 4.78 is 25.5. The highest BCUT2D eigenvalue weighted by Gasteiger charge is 2.27. The van der Waals surface area contributed by atoms with Gasteiger partial charge >= 0.3 is 0 Å². The Morgan fingerprint density at radius 3 is 2.45 bits per heavy atom. The van der Waals surface area contributed by atoms with Gasteiger partial charge in [-0.2, -0.15) is 0 Å². The fraction of sp³-hybridized carbons (Fsp3) is 0.214. The van der Waals surface area contributed by atoms with Crippen LogP contribution in [-0.4, -0.2) is 14.3 Å². The zero-order chi connectivity index (χ0) is 14.9. The molecule has 0 bridgehead atoms. The zero-order valence-corrected chi connectivity index (χ0v) is 12.8. The molecule has 1 aromatic carbocycles. The summed E-state index contributed by atoms with van der Waals surface area (Å²) in [5.74, 6) is -0.662. The van der Waals surface area contributed by atoms with Crippen LogP contribution in [0, 0.1) is 0 Å². The maximum Gasteiger partial charge on any atom is 0.250 e. The van der Waals surface area contributed by atoms with E-state index in [0.717, 1.165) is 16.9 Å². The van der Waals surface area contributed by atoms with Crippen molar-refractivity contribution in [3.8, 4) is 0 Å². The highest BCUT2D eigenvalue weighted by Crippen LogP contribution is 2.33. The van der Waals surface area contributed by atoms with Gasteiger partial charge in [0.25, 0.3) is 5.91 Å². The van der Waals surface area contributed by atoms with Crippen molar-refractivity contribution in [2.75, 3.05) is 0 Å². The van der Waals surface area contributed by atoms with Crippen molar-refractivity contribution in [1.29, 1.82) is 0 Å². The first-order valence-electron chi connectivity index (χ1n) is 6.07. The summed E-state index contributed by atoms with van der Waals surface area (Å²) in [6.07, 6.45) is 0. The van der Waals surface area contributed by atoms with Crippen LogP contribution in [0.25, 0.3) is 0 Å². The van der Waals surface area contributed by atoms with Gasteiger partial charge in [0, 0.05) is 0 Å². The number of rotatable bonds is 4. The maximum absolute atomic E-state index is 12.7. The normalized spacial score (nSPS) is 11.8. The molecule has 2 N–H and O–H groups in total. The van der Waals surface area contributed by atoms with E-state index >= 15 is 0 Å². The molecule has 2 rings (SSSR count). The van der Waals surface area contributed by atoms with Gasteiger partial charge in [-0.15, -0.1) is 11.3 Å². The van der Waals surface area contributed by atoms with E-state index in [4.69, 9.17) is 5.73 Å². The molecule has 0 aliphatic carbocycles. The number of carbonyl (C=O) groups excluding carboxylic acids is 1. The summed E-state index contributed by atoms with van der Waals surface area (Å²) in [6.45, 7) is 3.86.